The Morgan fingerprint density at radius 3 is 2.73 bits per heavy atom. The number of amides is 1. The fourth-order valence-electron chi connectivity index (χ4n) is 1.27. The standard InChI is InChI=1S/C8H14N2O/c1-9-5-4-8(11)10-6-2-3-7-10/h5H,2-4,6-7H2,1H3. The second-order valence-corrected chi connectivity index (χ2v) is 2.73. The molecule has 0 bridgehead atoms. The van der Waals surface area contributed by atoms with Gasteiger partial charge in [0, 0.05) is 26.4 Å². The van der Waals surface area contributed by atoms with E-state index < -0.39 is 0 Å². The van der Waals surface area contributed by atoms with Crippen molar-refractivity contribution in [3.8, 4) is 0 Å². The molecule has 1 amide bonds. The van der Waals surface area contributed by atoms with Gasteiger partial charge in [0.2, 0.25) is 5.91 Å². The van der Waals surface area contributed by atoms with Crippen molar-refractivity contribution in [3.05, 3.63) is 0 Å². The summed E-state index contributed by atoms with van der Waals surface area (Å²) < 4.78 is 0. The van der Waals surface area contributed by atoms with Crippen LogP contribution in [-0.4, -0.2) is 37.2 Å². The summed E-state index contributed by atoms with van der Waals surface area (Å²) in [5.74, 6) is 0.216. The van der Waals surface area contributed by atoms with Crippen molar-refractivity contribution in [1.29, 1.82) is 0 Å². The van der Waals surface area contributed by atoms with E-state index in [0.717, 1.165) is 25.9 Å². The summed E-state index contributed by atoms with van der Waals surface area (Å²) in [6.45, 7) is 1.88. The van der Waals surface area contributed by atoms with Gasteiger partial charge in [0.1, 0.15) is 0 Å². The molecule has 62 valence electrons. The molecule has 0 saturated carbocycles. The lowest BCUT2D eigenvalue weighted by atomic mass is 10.4. The quantitative estimate of drug-likeness (QED) is 0.539. The van der Waals surface area contributed by atoms with Gasteiger partial charge in [-0.2, -0.15) is 0 Å². The number of hydrogen-bond acceptors (Lipinski definition) is 2. The zero-order valence-corrected chi connectivity index (χ0v) is 6.92. The van der Waals surface area contributed by atoms with E-state index in [1.807, 2.05) is 4.90 Å². The Labute approximate surface area is 67.1 Å². The van der Waals surface area contributed by atoms with Crippen LogP contribution in [0, 0.1) is 0 Å². The minimum absolute atomic E-state index is 0.216. The second kappa shape index (κ2) is 4.11. The second-order valence-electron chi connectivity index (χ2n) is 2.73. The Morgan fingerprint density at radius 1 is 1.55 bits per heavy atom. The number of aliphatic imine (C=N–C) groups is 1. The fraction of sp³-hybridized carbons (Fsp3) is 0.750. The fourth-order valence-corrected chi connectivity index (χ4v) is 1.27. The van der Waals surface area contributed by atoms with Gasteiger partial charge >= 0.3 is 0 Å². The third-order valence-electron chi connectivity index (χ3n) is 1.91. The summed E-state index contributed by atoms with van der Waals surface area (Å²) in [4.78, 5) is 16.9. The number of rotatable bonds is 2. The average molecular weight is 154 g/mol. The first kappa shape index (κ1) is 8.24. The van der Waals surface area contributed by atoms with Crippen molar-refractivity contribution in [2.45, 2.75) is 19.3 Å². The van der Waals surface area contributed by atoms with Crippen LogP contribution in [0.4, 0.5) is 0 Å². The van der Waals surface area contributed by atoms with Gasteiger partial charge in [-0.25, -0.2) is 0 Å². The van der Waals surface area contributed by atoms with E-state index in [1.54, 1.807) is 13.3 Å². The predicted molar refractivity (Wildman–Crippen MR) is 44.8 cm³/mol. The molecule has 3 heteroatoms. The maximum atomic E-state index is 11.2. The van der Waals surface area contributed by atoms with E-state index >= 15 is 0 Å². The van der Waals surface area contributed by atoms with Gasteiger partial charge in [0.05, 0.1) is 6.42 Å². The third-order valence-corrected chi connectivity index (χ3v) is 1.91. The van der Waals surface area contributed by atoms with Crippen LogP contribution in [-0.2, 0) is 4.79 Å². The molecule has 0 aromatic rings. The van der Waals surface area contributed by atoms with Crippen LogP contribution < -0.4 is 0 Å². The van der Waals surface area contributed by atoms with E-state index in [2.05, 4.69) is 4.99 Å². The van der Waals surface area contributed by atoms with Crippen LogP contribution >= 0.6 is 0 Å². The summed E-state index contributed by atoms with van der Waals surface area (Å²) in [6, 6.07) is 0. The molecule has 0 unspecified atom stereocenters. The molecular formula is C8H14N2O. The molecule has 11 heavy (non-hydrogen) atoms. The van der Waals surface area contributed by atoms with E-state index in [-0.39, 0.29) is 5.91 Å². The zero-order chi connectivity index (χ0) is 8.10. The monoisotopic (exact) mass is 154 g/mol. The van der Waals surface area contributed by atoms with Crippen molar-refractivity contribution in [1.82, 2.24) is 4.90 Å². The Kier molecular flexibility index (Phi) is 3.08. The average Bonchev–Trinajstić information content (AvgIpc) is 2.52. The Hall–Kier alpha value is -0.860. The molecule has 0 aromatic carbocycles. The Balaban J connectivity index is 2.28. The molecule has 3 nitrogen and oxygen atoms in total. The topological polar surface area (TPSA) is 32.7 Å². The molecule has 0 aromatic heterocycles. The van der Waals surface area contributed by atoms with Gasteiger partial charge < -0.3 is 9.89 Å². The van der Waals surface area contributed by atoms with Gasteiger partial charge in [0.15, 0.2) is 0 Å². The molecule has 1 heterocycles. The normalized spacial score (nSPS) is 18.1. The number of likely N-dealkylation sites (tertiary alicyclic amines) is 1. The highest BCUT2D eigenvalue weighted by Crippen LogP contribution is 2.07. The summed E-state index contributed by atoms with van der Waals surface area (Å²) in [7, 11) is 1.69. The van der Waals surface area contributed by atoms with E-state index in [1.165, 1.54) is 0 Å². The van der Waals surface area contributed by atoms with E-state index in [9.17, 15) is 4.79 Å². The first-order chi connectivity index (χ1) is 5.34. The van der Waals surface area contributed by atoms with Crippen molar-refractivity contribution < 1.29 is 4.79 Å². The van der Waals surface area contributed by atoms with Crippen molar-refractivity contribution in [3.63, 3.8) is 0 Å². The first-order valence-electron chi connectivity index (χ1n) is 4.03. The predicted octanol–water partition coefficient (Wildman–Crippen LogP) is 0.700. The Bertz CT molecular complexity index is 159. The number of hydrogen-bond donors (Lipinski definition) is 0. The lowest BCUT2D eigenvalue weighted by molar-refractivity contribution is -0.128. The van der Waals surface area contributed by atoms with Gasteiger partial charge in [-0.05, 0) is 12.8 Å². The molecule has 1 aliphatic heterocycles. The number of carbonyl (C=O) groups is 1. The Morgan fingerprint density at radius 2 is 2.18 bits per heavy atom. The highest BCUT2D eigenvalue weighted by Gasteiger charge is 2.15. The molecule has 1 aliphatic rings. The molecule has 0 atom stereocenters. The van der Waals surface area contributed by atoms with Crippen molar-refractivity contribution >= 4 is 12.1 Å². The van der Waals surface area contributed by atoms with Crippen LogP contribution in [0.3, 0.4) is 0 Å². The minimum atomic E-state index is 0.216. The van der Waals surface area contributed by atoms with E-state index in [4.69, 9.17) is 0 Å². The maximum Gasteiger partial charge on any atom is 0.227 e. The van der Waals surface area contributed by atoms with Gasteiger partial charge in [-0.1, -0.05) is 0 Å². The minimum Gasteiger partial charge on any atom is -0.342 e. The van der Waals surface area contributed by atoms with Gasteiger partial charge in [0.25, 0.3) is 0 Å². The molecule has 0 spiro atoms. The lowest BCUT2D eigenvalue weighted by Gasteiger charge is -2.12. The molecule has 0 aliphatic carbocycles. The number of carbonyl (C=O) groups excluding carboxylic acids is 1. The van der Waals surface area contributed by atoms with Gasteiger partial charge in [-0.15, -0.1) is 0 Å². The molecule has 1 rings (SSSR count). The summed E-state index contributed by atoms with van der Waals surface area (Å²) in [6.07, 6.45) is 4.46. The zero-order valence-electron chi connectivity index (χ0n) is 6.92. The summed E-state index contributed by atoms with van der Waals surface area (Å²) >= 11 is 0. The number of nitrogens with zero attached hydrogens (tertiary/aromatic N) is 2. The highest BCUT2D eigenvalue weighted by atomic mass is 16.2. The molecule has 0 N–H and O–H groups in total. The molecule has 1 fully saturated rings. The van der Waals surface area contributed by atoms with Crippen LogP contribution in [0.2, 0.25) is 0 Å². The smallest absolute Gasteiger partial charge is 0.227 e. The molecule has 0 radical (unpaired) electrons. The van der Waals surface area contributed by atoms with Crippen molar-refractivity contribution in [2.24, 2.45) is 4.99 Å². The largest absolute Gasteiger partial charge is 0.342 e. The van der Waals surface area contributed by atoms with Gasteiger partial charge in [-0.3, -0.25) is 4.79 Å². The van der Waals surface area contributed by atoms with Crippen molar-refractivity contribution in [2.75, 3.05) is 20.1 Å². The van der Waals surface area contributed by atoms with Crippen LogP contribution in [0.5, 0.6) is 0 Å². The van der Waals surface area contributed by atoms with E-state index in [0.29, 0.717) is 6.42 Å². The third kappa shape index (κ3) is 2.33. The summed E-state index contributed by atoms with van der Waals surface area (Å²) in [5.41, 5.74) is 0. The maximum absolute atomic E-state index is 11.2. The van der Waals surface area contributed by atoms with Crippen LogP contribution in [0.15, 0.2) is 4.99 Å². The summed E-state index contributed by atoms with van der Waals surface area (Å²) in [5, 5.41) is 0. The van der Waals surface area contributed by atoms with Crippen LogP contribution in [0.25, 0.3) is 0 Å². The lowest BCUT2D eigenvalue weighted by Crippen LogP contribution is -2.27. The molecule has 1 saturated heterocycles. The molecular weight excluding hydrogens is 140 g/mol. The SMILES string of the molecule is CN=CCC(=O)N1CCCC1. The van der Waals surface area contributed by atoms with Crippen LogP contribution in [0.1, 0.15) is 19.3 Å². The first-order valence-corrected chi connectivity index (χ1v) is 4.03. The highest BCUT2D eigenvalue weighted by molar-refractivity contribution is 5.89.